The molecule has 0 saturated heterocycles. The lowest BCUT2D eigenvalue weighted by Crippen LogP contribution is -2.13. The Hall–Kier alpha value is -2.88. The Bertz CT molecular complexity index is 762. The van der Waals surface area contributed by atoms with E-state index in [-0.39, 0.29) is 13.2 Å². The summed E-state index contributed by atoms with van der Waals surface area (Å²) in [6.45, 7) is 1.12. The zero-order chi connectivity index (χ0) is 22.4. The van der Waals surface area contributed by atoms with Crippen molar-refractivity contribution in [2.45, 2.75) is 12.2 Å². The Morgan fingerprint density at radius 2 is 0.935 bits per heavy atom. The Morgan fingerprint density at radius 3 is 1.23 bits per heavy atom. The summed E-state index contributed by atoms with van der Waals surface area (Å²) in [6.07, 6.45) is -2.59. The Labute approximate surface area is 181 Å². The molecule has 2 atom stereocenters. The molecule has 4 bridgehead atoms. The molecule has 0 aliphatic carbocycles. The summed E-state index contributed by atoms with van der Waals surface area (Å²) in [5.74, 6) is 2.20. The van der Waals surface area contributed by atoms with Crippen LogP contribution >= 0.6 is 0 Å². The summed E-state index contributed by atoms with van der Waals surface area (Å²) in [4.78, 5) is 0. The smallest absolute Gasteiger partial charge is 0.203 e. The molecule has 0 spiro atoms. The van der Waals surface area contributed by atoms with Gasteiger partial charge in [0.1, 0.15) is 25.4 Å². The second-order valence-corrected chi connectivity index (χ2v) is 6.71. The Kier molecular flexibility index (Phi) is 7.67. The fraction of sp³-hybridized carbons (Fsp3) is 0.455. The molecule has 2 aromatic carbocycles. The van der Waals surface area contributed by atoms with Gasteiger partial charge >= 0.3 is 0 Å². The van der Waals surface area contributed by atoms with Crippen molar-refractivity contribution in [3.05, 3.63) is 35.4 Å². The standard InChI is InChI=1S/C22H28O9/c1-25-15-9-13-10-16(26-2)21(15)30-7-5-29-6-8-31-22-17(27-3)11-14(12-18(22)28-4)20(24)19(13)23/h9-12,19-20,23-24H,5-8H2,1-4H3/t19-,20-/m1/s1. The van der Waals surface area contributed by atoms with Gasteiger partial charge in [0.2, 0.25) is 11.5 Å². The fourth-order valence-corrected chi connectivity index (χ4v) is 3.30. The van der Waals surface area contributed by atoms with E-state index >= 15 is 0 Å². The molecule has 4 aliphatic rings. The average Bonchev–Trinajstić information content (AvgIpc) is 2.81. The van der Waals surface area contributed by atoms with Gasteiger partial charge in [-0.15, -0.1) is 0 Å². The van der Waals surface area contributed by atoms with Crippen LogP contribution in [0, 0.1) is 0 Å². The highest BCUT2D eigenvalue weighted by molar-refractivity contribution is 5.56. The third kappa shape index (κ3) is 4.90. The lowest BCUT2D eigenvalue weighted by molar-refractivity contribution is 0.0167. The van der Waals surface area contributed by atoms with Crippen molar-refractivity contribution in [3.8, 4) is 34.5 Å². The summed E-state index contributed by atoms with van der Waals surface area (Å²) < 4.78 is 38.8. The minimum Gasteiger partial charge on any atom is -0.493 e. The van der Waals surface area contributed by atoms with Crippen molar-refractivity contribution in [1.82, 2.24) is 0 Å². The van der Waals surface area contributed by atoms with Crippen molar-refractivity contribution < 1.29 is 43.4 Å². The van der Waals surface area contributed by atoms with Crippen molar-refractivity contribution in [2.75, 3.05) is 54.9 Å². The molecule has 0 saturated carbocycles. The van der Waals surface area contributed by atoms with Gasteiger partial charge in [-0.05, 0) is 35.4 Å². The lowest BCUT2D eigenvalue weighted by atomic mass is 9.97. The summed E-state index contributed by atoms with van der Waals surface area (Å²) >= 11 is 0. The van der Waals surface area contributed by atoms with Gasteiger partial charge in [0.25, 0.3) is 0 Å². The maximum atomic E-state index is 10.9. The van der Waals surface area contributed by atoms with Crippen molar-refractivity contribution in [1.29, 1.82) is 0 Å². The van der Waals surface area contributed by atoms with E-state index in [9.17, 15) is 10.2 Å². The number of benzene rings is 2. The molecular formula is C22H28O9. The first-order valence-corrected chi connectivity index (χ1v) is 9.75. The highest BCUT2D eigenvalue weighted by Gasteiger charge is 2.27. The predicted octanol–water partition coefficient (Wildman–Crippen LogP) is 2.28. The largest absolute Gasteiger partial charge is 0.493 e. The third-order valence-electron chi connectivity index (χ3n) is 4.90. The topological polar surface area (TPSA) is 105 Å². The van der Waals surface area contributed by atoms with Gasteiger partial charge in [-0.3, -0.25) is 0 Å². The number of aliphatic hydroxyl groups is 2. The zero-order valence-corrected chi connectivity index (χ0v) is 18.0. The predicted molar refractivity (Wildman–Crippen MR) is 111 cm³/mol. The molecule has 2 aromatic rings. The maximum absolute atomic E-state index is 10.9. The van der Waals surface area contributed by atoms with Crippen LogP contribution in [0.5, 0.6) is 34.5 Å². The minimum absolute atomic E-state index is 0.248. The van der Waals surface area contributed by atoms with Crippen LogP contribution in [0.1, 0.15) is 23.3 Å². The molecule has 0 radical (unpaired) electrons. The molecule has 2 N–H and O–H groups in total. The highest BCUT2D eigenvalue weighted by Crippen LogP contribution is 2.45. The molecule has 9 nitrogen and oxygen atoms in total. The molecule has 6 rings (SSSR count). The van der Waals surface area contributed by atoms with Gasteiger partial charge in [0, 0.05) is 0 Å². The van der Waals surface area contributed by atoms with Crippen molar-refractivity contribution in [3.63, 3.8) is 0 Å². The van der Waals surface area contributed by atoms with E-state index in [2.05, 4.69) is 0 Å². The first-order chi connectivity index (χ1) is 15.0. The molecule has 4 heterocycles. The number of hydrogen-bond acceptors (Lipinski definition) is 9. The number of aliphatic hydroxyl groups excluding tert-OH is 2. The summed E-state index contributed by atoms with van der Waals surface area (Å²) in [5.41, 5.74) is 0.764. The Balaban J connectivity index is 2.10. The van der Waals surface area contributed by atoms with E-state index in [1.807, 2.05) is 0 Å². The second kappa shape index (κ2) is 10.4. The first kappa shape index (κ1) is 22.8. The molecule has 0 aromatic heterocycles. The number of rotatable bonds is 4. The third-order valence-corrected chi connectivity index (χ3v) is 4.90. The van der Waals surface area contributed by atoms with Crippen molar-refractivity contribution in [2.24, 2.45) is 0 Å². The maximum Gasteiger partial charge on any atom is 0.203 e. The van der Waals surface area contributed by atoms with Gasteiger partial charge in [-0.1, -0.05) is 0 Å². The van der Waals surface area contributed by atoms with Gasteiger partial charge in [-0.25, -0.2) is 0 Å². The summed E-state index contributed by atoms with van der Waals surface area (Å²) in [5, 5.41) is 21.8. The van der Waals surface area contributed by atoms with Crippen LogP contribution in [0.4, 0.5) is 0 Å². The highest BCUT2D eigenvalue weighted by atomic mass is 16.6. The van der Waals surface area contributed by atoms with Crippen LogP contribution in [-0.4, -0.2) is 65.1 Å². The summed E-state index contributed by atoms with van der Waals surface area (Å²) in [7, 11) is 5.94. The van der Waals surface area contributed by atoms with E-state index in [4.69, 9.17) is 33.2 Å². The molecular weight excluding hydrogens is 408 g/mol. The monoisotopic (exact) mass is 436 g/mol. The molecule has 0 amide bonds. The zero-order valence-electron chi connectivity index (χ0n) is 18.0. The minimum atomic E-state index is -1.29. The second-order valence-electron chi connectivity index (χ2n) is 6.71. The normalized spacial score (nSPS) is 19.2. The van der Waals surface area contributed by atoms with E-state index < -0.39 is 12.2 Å². The number of methoxy groups -OCH3 is 4. The Morgan fingerprint density at radius 1 is 0.613 bits per heavy atom. The fourth-order valence-electron chi connectivity index (χ4n) is 3.30. The van der Waals surface area contributed by atoms with Crippen LogP contribution in [0.3, 0.4) is 0 Å². The molecule has 9 heteroatoms. The van der Waals surface area contributed by atoms with Crippen molar-refractivity contribution >= 4 is 0 Å². The first-order valence-electron chi connectivity index (χ1n) is 9.75. The van der Waals surface area contributed by atoms with Gasteiger partial charge in [-0.2, -0.15) is 0 Å². The SMILES string of the molecule is COc1cc2cc(OC)c1OCCOCCOc1c(OC)cc(cc1OC)[C@@H](O)[C@@H]2O. The molecule has 31 heavy (non-hydrogen) atoms. The van der Waals surface area contributed by atoms with Crippen LogP contribution < -0.4 is 28.4 Å². The number of ether oxygens (including phenoxy) is 7. The van der Waals surface area contributed by atoms with Gasteiger partial charge < -0.3 is 43.4 Å². The van der Waals surface area contributed by atoms with E-state index in [0.29, 0.717) is 58.8 Å². The summed E-state index contributed by atoms with van der Waals surface area (Å²) in [6, 6.07) is 6.38. The van der Waals surface area contributed by atoms with Crippen LogP contribution in [0.15, 0.2) is 24.3 Å². The van der Waals surface area contributed by atoms with Crippen LogP contribution in [-0.2, 0) is 4.74 Å². The van der Waals surface area contributed by atoms with Gasteiger partial charge in [0.05, 0.1) is 41.7 Å². The quantitative estimate of drug-likeness (QED) is 0.747. The van der Waals surface area contributed by atoms with E-state index in [0.717, 1.165) is 0 Å². The van der Waals surface area contributed by atoms with Crippen LogP contribution in [0.2, 0.25) is 0 Å². The molecule has 4 aliphatic heterocycles. The average molecular weight is 436 g/mol. The van der Waals surface area contributed by atoms with E-state index in [1.165, 1.54) is 28.4 Å². The lowest BCUT2D eigenvalue weighted by Gasteiger charge is -2.23. The van der Waals surface area contributed by atoms with Gasteiger partial charge in [0.15, 0.2) is 23.0 Å². The molecule has 0 fully saturated rings. The molecule has 170 valence electrons. The molecule has 0 unspecified atom stereocenters. The number of hydrogen-bond donors (Lipinski definition) is 2. The van der Waals surface area contributed by atoms with Crippen LogP contribution in [0.25, 0.3) is 0 Å². The van der Waals surface area contributed by atoms with E-state index in [1.54, 1.807) is 24.3 Å².